The predicted molar refractivity (Wildman–Crippen MR) is 79.3 cm³/mol. The standard InChI is InChI=1S/C15H23ClN2O/c1-11(17)14(12-6-3-4-7-13(12)16)18-9-5-8-15(2,19)10-18/h3-4,6-7,11,14,19H,5,8-10,17H2,1-2H3. The number of likely N-dealkylation sites (tertiary alicyclic amines) is 1. The summed E-state index contributed by atoms with van der Waals surface area (Å²) in [6, 6.07) is 7.86. The van der Waals surface area contributed by atoms with Gasteiger partial charge in [0.25, 0.3) is 0 Å². The van der Waals surface area contributed by atoms with Gasteiger partial charge in [0.2, 0.25) is 0 Å². The number of hydrogen-bond acceptors (Lipinski definition) is 3. The largest absolute Gasteiger partial charge is 0.389 e. The van der Waals surface area contributed by atoms with Crippen LogP contribution in [0.5, 0.6) is 0 Å². The summed E-state index contributed by atoms with van der Waals surface area (Å²) in [5.41, 5.74) is 6.60. The second kappa shape index (κ2) is 5.80. The average molecular weight is 283 g/mol. The van der Waals surface area contributed by atoms with Crippen LogP contribution in [0, 0.1) is 0 Å². The van der Waals surface area contributed by atoms with Crippen molar-refractivity contribution in [1.29, 1.82) is 0 Å². The summed E-state index contributed by atoms with van der Waals surface area (Å²) in [4.78, 5) is 2.26. The highest BCUT2D eigenvalue weighted by atomic mass is 35.5. The number of rotatable bonds is 3. The van der Waals surface area contributed by atoms with Gasteiger partial charge in [-0.1, -0.05) is 29.8 Å². The Balaban J connectivity index is 2.28. The molecule has 3 unspecified atom stereocenters. The minimum absolute atomic E-state index is 0.0335. The second-order valence-electron chi connectivity index (χ2n) is 5.90. The van der Waals surface area contributed by atoms with E-state index in [1.54, 1.807) is 0 Å². The molecule has 0 saturated carbocycles. The van der Waals surface area contributed by atoms with E-state index >= 15 is 0 Å². The summed E-state index contributed by atoms with van der Waals surface area (Å²) >= 11 is 6.31. The number of β-amino-alcohol motifs (C(OH)–C–C–N with tert-alkyl or cyclic N) is 1. The Bertz CT molecular complexity index is 434. The van der Waals surface area contributed by atoms with Gasteiger partial charge < -0.3 is 10.8 Å². The predicted octanol–water partition coefficient (Wildman–Crippen LogP) is 2.58. The van der Waals surface area contributed by atoms with Gasteiger partial charge in [0, 0.05) is 17.6 Å². The van der Waals surface area contributed by atoms with E-state index in [9.17, 15) is 5.11 Å². The molecule has 1 aliphatic rings. The Labute approximate surface area is 120 Å². The summed E-state index contributed by atoms with van der Waals surface area (Å²) in [5.74, 6) is 0. The number of halogens is 1. The van der Waals surface area contributed by atoms with E-state index in [1.165, 1.54) is 0 Å². The third-order valence-electron chi connectivity index (χ3n) is 3.82. The second-order valence-corrected chi connectivity index (χ2v) is 6.30. The molecule has 106 valence electrons. The molecule has 0 aromatic heterocycles. The van der Waals surface area contributed by atoms with Crippen LogP contribution < -0.4 is 5.73 Å². The van der Waals surface area contributed by atoms with Crippen molar-refractivity contribution in [1.82, 2.24) is 4.90 Å². The molecule has 0 radical (unpaired) electrons. The SMILES string of the molecule is CC(N)C(c1ccccc1Cl)N1CCCC(C)(O)C1. The van der Waals surface area contributed by atoms with Crippen LogP contribution in [0.25, 0.3) is 0 Å². The fourth-order valence-corrected chi connectivity index (χ4v) is 3.27. The number of benzene rings is 1. The summed E-state index contributed by atoms with van der Waals surface area (Å²) in [7, 11) is 0. The molecule has 0 spiro atoms. The number of hydrogen-bond donors (Lipinski definition) is 2. The molecule has 4 heteroatoms. The number of nitrogens with two attached hydrogens (primary N) is 1. The molecule has 3 N–H and O–H groups in total. The Kier molecular flexibility index (Phi) is 4.51. The lowest BCUT2D eigenvalue weighted by atomic mass is 9.90. The first-order valence-corrected chi connectivity index (χ1v) is 7.25. The maximum absolute atomic E-state index is 10.3. The van der Waals surface area contributed by atoms with E-state index in [2.05, 4.69) is 4.90 Å². The zero-order valence-electron chi connectivity index (χ0n) is 11.6. The Morgan fingerprint density at radius 1 is 1.42 bits per heavy atom. The van der Waals surface area contributed by atoms with Crippen LogP contribution in [0.3, 0.4) is 0 Å². The summed E-state index contributed by atoms with van der Waals surface area (Å²) in [6.07, 6.45) is 1.83. The van der Waals surface area contributed by atoms with E-state index in [-0.39, 0.29) is 12.1 Å². The summed E-state index contributed by atoms with van der Waals surface area (Å²) in [5, 5.41) is 11.0. The molecule has 19 heavy (non-hydrogen) atoms. The summed E-state index contributed by atoms with van der Waals surface area (Å²) < 4.78 is 0. The molecule has 1 saturated heterocycles. The van der Waals surface area contributed by atoms with Gasteiger partial charge in [0.05, 0.1) is 11.6 Å². The summed E-state index contributed by atoms with van der Waals surface area (Å²) in [6.45, 7) is 5.49. The quantitative estimate of drug-likeness (QED) is 0.896. The average Bonchev–Trinajstić information content (AvgIpc) is 2.30. The molecule has 1 aromatic rings. The molecule has 1 fully saturated rings. The van der Waals surface area contributed by atoms with Gasteiger partial charge in [-0.2, -0.15) is 0 Å². The molecule has 0 amide bonds. The van der Waals surface area contributed by atoms with Crippen molar-refractivity contribution < 1.29 is 5.11 Å². The zero-order chi connectivity index (χ0) is 14.0. The molecule has 0 aliphatic carbocycles. The van der Waals surface area contributed by atoms with Crippen molar-refractivity contribution in [2.45, 2.75) is 44.4 Å². The monoisotopic (exact) mass is 282 g/mol. The molecule has 0 bridgehead atoms. The van der Waals surface area contributed by atoms with E-state index < -0.39 is 5.60 Å². The van der Waals surface area contributed by atoms with Crippen LogP contribution in [0.15, 0.2) is 24.3 Å². The van der Waals surface area contributed by atoms with Crippen LogP contribution in [-0.4, -0.2) is 34.7 Å². The van der Waals surface area contributed by atoms with E-state index in [0.717, 1.165) is 30.0 Å². The Hall–Kier alpha value is -0.610. The highest BCUT2D eigenvalue weighted by molar-refractivity contribution is 6.31. The molecule has 1 aromatic carbocycles. The molecule has 3 nitrogen and oxygen atoms in total. The fourth-order valence-electron chi connectivity index (χ4n) is 3.02. The number of piperidine rings is 1. The van der Waals surface area contributed by atoms with Gasteiger partial charge in [0.1, 0.15) is 0 Å². The van der Waals surface area contributed by atoms with Crippen molar-refractivity contribution >= 4 is 11.6 Å². The van der Waals surface area contributed by atoms with Crippen LogP contribution in [0.4, 0.5) is 0 Å². The van der Waals surface area contributed by atoms with Crippen LogP contribution in [0.2, 0.25) is 5.02 Å². The minimum Gasteiger partial charge on any atom is -0.389 e. The first-order valence-electron chi connectivity index (χ1n) is 6.87. The van der Waals surface area contributed by atoms with Crippen molar-refractivity contribution in [2.24, 2.45) is 5.73 Å². The Morgan fingerprint density at radius 3 is 2.68 bits per heavy atom. The lowest BCUT2D eigenvalue weighted by Crippen LogP contribution is -2.50. The van der Waals surface area contributed by atoms with Crippen molar-refractivity contribution in [3.05, 3.63) is 34.9 Å². The lowest BCUT2D eigenvalue weighted by Gasteiger charge is -2.43. The van der Waals surface area contributed by atoms with Crippen molar-refractivity contribution in [2.75, 3.05) is 13.1 Å². The van der Waals surface area contributed by atoms with E-state index in [4.69, 9.17) is 17.3 Å². The normalized spacial score (nSPS) is 28.1. The highest BCUT2D eigenvalue weighted by Crippen LogP contribution is 2.33. The number of nitrogens with zero attached hydrogens (tertiary/aromatic N) is 1. The van der Waals surface area contributed by atoms with Crippen molar-refractivity contribution in [3.8, 4) is 0 Å². The van der Waals surface area contributed by atoms with Gasteiger partial charge >= 0.3 is 0 Å². The first-order chi connectivity index (χ1) is 8.91. The van der Waals surface area contributed by atoms with Crippen LogP contribution >= 0.6 is 11.6 Å². The topological polar surface area (TPSA) is 49.5 Å². The third-order valence-corrected chi connectivity index (χ3v) is 4.16. The highest BCUT2D eigenvalue weighted by Gasteiger charge is 2.34. The third kappa shape index (κ3) is 3.48. The first kappa shape index (κ1) is 14.8. The Morgan fingerprint density at radius 2 is 2.11 bits per heavy atom. The molecular weight excluding hydrogens is 260 g/mol. The van der Waals surface area contributed by atoms with Crippen LogP contribution in [0.1, 0.15) is 38.3 Å². The smallest absolute Gasteiger partial charge is 0.0746 e. The number of aliphatic hydroxyl groups is 1. The van der Waals surface area contributed by atoms with Crippen molar-refractivity contribution in [3.63, 3.8) is 0 Å². The molecule has 1 aliphatic heterocycles. The molecular formula is C15H23ClN2O. The van der Waals surface area contributed by atoms with Gasteiger partial charge in [-0.05, 0) is 44.9 Å². The zero-order valence-corrected chi connectivity index (χ0v) is 12.4. The van der Waals surface area contributed by atoms with E-state index in [0.29, 0.717) is 6.54 Å². The van der Waals surface area contributed by atoms with Gasteiger partial charge in [0.15, 0.2) is 0 Å². The molecule has 1 heterocycles. The van der Waals surface area contributed by atoms with Gasteiger partial charge in [-0.15, -0.1) is 0 Å². The minimum atomic E-state index is -0.632. The van der Waals surface area contributed by atoms with Crippen LogP contribution in [-0.2, 0) is 0 Å². The van der Waals surface area contributed by atoms with E-state index in [1.807, 2.05) is 38.1 Å². The lowest BCUT2D eigenvalue weighted by molar-refractivity contribution is -0.0333. The maximum atomic E-state index is 10.3. The maximum Gasteiger partial charge on any atom is 0.0746 e. The fraction of sp³-hybridized carbons (Fsp3) is 0.600. The molecule has 2 rings (SSSR count). The van der Waals surface area contributed by atoms with Gasteiger partial charge in [-0.3, -0.25) is 4.90 Å². The van der Waals surface area contributed by atoms with Gasteiger partial charge in [-0.25, -0.2) is 0 Å². The molecule has 3 atom stereocenters.